The average Bonchev–Trinajstić information content (AvgIpc) is 2.63. The van der Waals surface area contributed by atoms with Crippen LogP contribution in [0.4, 0.5) is 5.69 Å². The summed E-state index contributed by atoms with van der Waals surface area (Å²) in [5.74, 6) is -0.0913. The van der Waals surface area contributed by atoms with Crippen LogP contribution in [0.5, 0.6) is 0 Å². The van der Waals surface area contributed by atoms with Gasteiger partial charge in [-0.3, -0.25) is 4.79 Å². The summed E-state index contributed by atoms with van der Waals surface area (Å²) < 4.78 is 28.7. The normalized spacial score (nSPS) is 21.1. The number of carbonyl (C=O) groups excluding carboxylic acids is 1. The molecule has 2 heterocycles. The summed E-state index contributed by atoms with van der Waals surface area (Å²) in [6.45, 7) is 5.81. The lowest BCUT2D eigenvalue weighted by atomic mass is 10.1. The Kier molecular flexibility index (Phi) is 5.52. The van der Waals surface area contributed by atoms with Crippen LogP contribution in [0.3, 0.4) is 0 Å². The Labute approximate surface area is 155 Å². The smallest absolute Gasteiger partial charge is 0.282 e. The van der Waals surface area contributed by atoms with E-state index in [-0.39, 0.29) is 5.91 Å². The molecule has 2 saturated heterocycles. The second-order valence-corrected chi connectivity index (χ2v) is 8.90. The van der Waals surface area contributed by atoms with Gasteiger partial charge < -0.3 is 15.5 Å². The van der Waals surface area contributed by atoms with E-state index in [1.165, 1.54) is 4.31 Å². The van der Waals surface area contributed by atoms with Crippen molar-refractivity contribution < 1.29 is 13.2 Å². The summed E-state index contributed by atoms with van der Waals surface area (Å²) in [5, 5.41) is 0. The number of nitrogen functional groups attached to an aromatic ring is 1. The summed E-state index contributed by atoms with van der Waals surface area (Å²) in [7, 11) is -1.46. The van der Waals surface area contributed by atoms with Gasteiger partial charge in [-0.1, -0.05) is 6.07 Å². The molecule has 2 fully saturated rings. The first-order valence-corrected chi connectivity index (χ1v) is 10.3. The standard InChI is InChI=1S/C17H27N5O3S/c1-14-3-4-15(18)13-16(14)17(23)20-7-11-22(12-8-20)26(24,25)21-9-5-19(2)6-10-21/h3-4,13H,5-12,18H2,1-2H3. The number of nitrogens with two attached hydrogens (primary N) is 1. The summed E-state index contributed by atoms with van der Waals surface area (Å²) in [6, 6.07) is 5.29. The van der Waals surface area contributed by atoms with Gasteiger partial charge in [0.1, 0.15) is 0 Å². The third-order valence-electron chi connectivity index (χ3n) is 5.13. The highest BCUT2D eigenvalue weighted by Gasteiger charge is 2.34. The minimum absolute atomic E-state index is 0.0913. The van der Waals surface area contributed by atoms with Crippen LogP contribution in [0.2, 0.25) is 0 Å². The van der Waals surface area contributed by atoms with Gasteiger partial charge in [0.05, 0.1) is 0 Å². The molecule has 144 valence electrons. The van der Waals surface area contributed by atoms with Gasteiger partial charge in [0.2, 0.25) is 0 Å². The Morgan fingerprint density at radius 2 is 1.50 bits per heavy atom. The number of piperazine rings is 2. The van der Waals surface area contributed by atoms with Gasteiger partial charge in [-0.15, -0.1) is 0 Å². The van der Waals surface area contributed by atoms with Crippen LogP contribution in [-0.4, -0.2) is 92.1 Å². The molecule has 9 heteroatoms. The Morgan fingerprint density at radius 3 is 2.08 bits per heavy atom. The van der Waals surface area contributed by atoms with Crippen LogP contribution in [-0.2, 0) is 10.2 Å². The molecule has 2 aliphatic rings. The fraction of sp³-hybridized carbons (Fsp3) is 0.588. The zero-order valence-electron chi connectivity index (χ0n) is 15.4. The van der Waals surface area contributed by atoms with Gasteiger partial charge in [-0.05, 0) is 31.7 Å². The van der Waals surface area contributed by atoms with E-state index in [1.54, 1.807) is 21.3 Å². The molecular weight excluding hydrogens is 354 g/mol. The number of benzene rings is 1. The first kappa shape index (κ1) is 19.1. The van der Waals surface area contributed by atoms with Crippen molar-refractivity contribution in [2.45, 2.75) is 6.92 Å². The molecule has 1 aromatic carbocycles. The number of hydrogen-bond donors (Lipinski definition) is 1. The summed E-state index contributed by atoms with van der Waals surface area (Å²) in [6.07, 6.45) is 0. The van der Waals surface area contributed by atoms with Gasteiger partial charge in [0.25, 0.3) is 16.1 Å². The highest BCUT2D eigenvalue weighted by molar-refractivity contribution is 7.86. The van der Waals surface area contributed by atoms with Gasteiger partial charge in [0.15, 0.2) is 0 Å². The molecule has 0 bridgehead atoms. The molecule has 0 radical (unpaired) electrons. The summed E-state index contributed by atoms with van der Waals surface area (Å²) in [4.78, 5) is 16.6. The first-order chi connectivity index (χ1) is 12.3. The lowest BCUT2D eigenvalue weighted by Gasteiger charge is -2.39. The van der Waals surface area contributed by atoms with Gasteiger partial charge >= 0.3 is 0 Å². The fourth-order valence-electron chi connectivity index (χ4n) is 3.34. The first-order valence-electron chi connectivity index (χ1n) is 8.88. The van der Waals surface area contributed by atoms with E-state index in [4.69, 9.17) is 5.73 Å². The molecule has 2 aliphatic heterocycles. The highest BCUT2D eigenvalue weighted by atomic mass is 32.2. The van der Waals surface area contributed by atoms with Crippen LogP contribution in [0.1, 0.15) is 15.9 Å². The second-order valence-electron chi connectivity index (χ2n) is 6.98. The zero-order chi connectivity index (χ0) is 18.9. The van der Waals surface area contributed by atoms with Crippen LogP contribution >= 0.6 is 0 Å². The van der Waals surface area contributed by atoms with E-state index in [2.05, 4.69) is 4.90 Å². The summed E-state index contributed by atoms with van der Waals surface area (Å²) >= 11 is 0. The van der Waals surface area contributed by atoms with Crippen molar-refractivity contribution in [1.82, 2.24) is 18.4 Å². The van der Waals surface area contributed by atoms with E-state index in [0.717, 1.165) is 18.7 Å². The van der Waals surface area contributed by atoms with Crippen molar-refractivity contribution >= 4 is 21.8 Å². The molecule has 0 spiro atoms. The van der Waals surface area contributed by atoms with Gasteiger partial charge in [-0.2, -0.15) is 17.0 Å². The fourth-order valence-corrected chi connectivity index (χ4v) is 4.92. The maximum Gasteiger partial charge on any atom is 0.282 e. The number of amides is 1. The number of hydrogen-bond acceptors (Lipinski definition) is 5. The maximum absolute atomic E-state index is 12.8. The Morgan fingerprint density at radius 1 is 0.962 bits per heavy atom. The molecule has 8 nitrogen and oxygen atoms in total. The van der Waals surface area contributed by atoms with Crippen LogP contribution in [0, 0.1) is 6.92 Å². The van der Waals surface area contributed by atoms with Crippen molar-refractivity contribution in [3.05, 3.63) is 29.3 Å². The average molecular weight is 382 g/mol. The topological polar surface area (TPSA) is 90.2 Å². The second kappa shape index (κ2) is 7.51. The minimum atomic E-state index is -3.46. The van der Waals surface area contributed by atoms with E-state index < -0.39 is 10.2 Å². The number of carbonyl (C=O) groups is 1. The minimum Gasteiger partial charge on any atom is -0.399 e. The molecule has 3 rings (SSSR count). The molecule has 1 amide bonds. The number of likely N-dealkylation sites (N-methyl/N-ethyl adjacent to an activating group) is 1. The van der Waals surface area contributed by atoms with Crippen molar-refractivity contribution in [3.8, 4) is 0 Å². The van der Waals surface area contributed by atoms with Crippen molar-refractivity contribution in [1.29, 1.82) is 0 Å². The Balaban J connectivity index is 1.63. The monoisotopic (exact) mass is 381 g/mol. The lowest BCUT2D eigenvalue weighted by molar-refractivity contribution is 0.0691. The lowest BCUT2D eigenvalue weighted by Crippen LogP contribution is -2.57. The maximum atomic E-state index is 12.8. The molecule has 26 heavy (non-hydrogen) atoms. The predicted octanol–water partition coefficient (Wildman–Crippen LogP) is -0.173. The number of aryl methyl sites for hydroxylation is 1. The van der Waals surface area contributed by atoms with E-state index in [1.807, 2.05) is 20.0 Å². The largest absolute Gasteiger partial charge is 0.399 e. The molecule has 0 aromatic heterocycles. The molecule has 0 atom stereocenters. The zero-order valence-corrected chi connectivity index (χ0v) is 16.2. The predicted molar refractivity (Wildman–Crippen MR) is 101 cm³/mol. The number of nitrogens with zero attached hydrogens (tertiary/aromatic N) is 4. The van der Waals surface area contributed by atoms with E-state index in [9.17, 15) is 13.2 Å². The molecular formula is C17H27N5O3S. The SMILES string of the molecule is Cc1ccc(N)cc1C(=O)N1CCN(S(=O)(=O)N2CCN(C)CC2)CC1. The van der Waals surface area contributed by atoms with Crippen molar-refractivity contribution in [2.24, 2.45) is 0 Å². The van der Waals surface area contributed by atoms with E-state index >= 15 is 0 Å². The molecule has 0 unspecified atom stereocenters. The van der Waals surface area contributed by atoms with Crippen LogP contribution < -0.4 is 5.73 Å². The number of anilines is 1. The van der Waals surface area contributed by atoms with Gasteiger partial charge in [0, 0.05) is 63.6 Å². The Bertz CT molecular complexity index is 767. The highest BCUT2D eigenvalue weighted by Crippen LogP contribution is 2.18. The number of rotatable bonds is 3. The van der Waals surface area contributed by atoms with E-state index in [0.29, 0.717) is 50.5 Å². The third-order valence-corrected chi connectivity index (χ3v) is 7.17. The van der Waals surface area contributed by atoms with Crippen LogP contribution in [0.25, 0.3) is 0 Å². The molecule has 0 aliphatic carbocycles. The van der Waals surface area contributed by atoms with Crippen molar-refractivity contribution in [3.63, 3.8) is 0 Å². The molecule has 0 saturated carbocycles. The quantitative estimate of drug-likeness (QED) is 0.734. The Hall–Kier alpha value is -1.68. The molecule has 2 N–H and O–H groups in total. The van der Waals surface area contributed by atoms with Crippen LogP contribution in [0.15, 0.2) is 18.2 Å². The molecule has 1 aromatic rings. The van der Waals surface area contributed by atoms with Gasteiger partial charge in [-0.25, -0.2) is 0 Å². The third kappa shape index (κ3) is 3.85. The van der Waals surface area contributed by atoms with Crippen molar-refractivity contribution in [2.75, 3.05) is 65.1 Å². The summed E-state index contributed by atoms with van der Waals surface area (Å²) in [5.41, 5.74) is 7.81.